The van der Waals surface area contributed by atoms with Gasteiger partial charge in [0.05, 0.1) is 6.61 Å². The lowest BCUT2D eigenvalue weighted by atomic mass is 10.0. The summed E-state index contributed by atoms with van der Waals surface area (Å²) < 4.78 is 4.92. The summed E-state index contributed by atoms with van der Waals surface area (Å²) in [6.45, 7) is 5.15. The Morgan fingerprint density at radius 1 is 1.17 bits per heavy atom. The van der Waals surface area contributed by atoms with Gasteiger partial charge in [-0.1, -0.05) is 32.0 Å². The topological polar surface area (TPSA) is 76.1 Å². The Labute approximate surface area is 142 Å². The van der Waals surface area contributed by atoms with Crippen LogP contribution in [-0.2, 0) is 17.6 Å². The van der Waals surface area contributed by atoms with E-state index in [-0.39, 0.29) is 5.91 Å². The van der Waals surface area contributed by atoms with E-state index in [1.165, 1.54) is 17.5 Å². The van der Waals surface area contributed by atoms with Crippen LogP contribution in [0.25, 0.3) is 0 Å². The summed E-state index contributed by atoms with van der Waals surface area (Å²) in [4.78, 5) is 20.4. The van der Waals surface area contributed by atoms with Crippen LogP contribution in [0.3, 0.4) is 0 Å². The van der Waals surface area contributed by atoms with E-state index >= 15 is 0 Å². The molecule has 0 saturated heterocycles. The van der Waals surface area contributed by atoms with E-state index in [1.807, 2.05) is 0 Å². The molecule has 2 aromatic rings. The van der Waals surface area contributed by atoms with Crippen molar-refractivity contribution in [3.8, 4) is 0 Å². The molecule has 0 aliphatic heterocycles. The average Bonchev–Trinajstić information content (AvgIpc) is 2.62. The van der Waals surface area contributed by atoms with Crippen LogP contribution < -0.4 is 10.6 Å². The van der Waals surface area contributed by atoms with E-state index in [0.717, 1.165) is 18.5 Å². The number of rotatable bonds is 8. The van der Waals surface area contributed by atoms with Crippen molar-refractivity contribution in [2.75, 3.05) is 25.6 Å². The number of anilines is 2. The molecule has 1 amide bonds. The molecule has 0 bridgehead atoms. The van der Waals surface area contributed by atoms with Crippen molar-refractivity contribution < 1.29 is 9.53 Å². The lowest BCUT2D eigenvalue weighted by molar-refractivity contribution is 0.0932. The van der Waals surface area contributed by atoms with Crippen LogP contribution in [0.4, 0.5) is 11.5 Å². The van der Waals surface area contributed by atoms with Crippen LogP contribution in [0.1, 0.15) is 35.5 Å². The molecule has 0 radical (unpaired) electrons. The van der Waals surface area contributed by atoms with E-state index in [1.54, 1.807) is 13.2 Å². The number of benzene rings is 1. The Balaban J connectivity index is 2.20. The van der Waals surface area contributed by atoms with Crippen LogP contribution in [0.15, 0.2) is 30.6 Å². The third-order valence-corrected chi connectivity index (χ3v) is 3.74. The number of methoxy groups -OCH3 is 1. The van der Waals surface area contributed by atoms with Crippen molar-refractivity contribution >= 4 is 17.4 Å². The van der Waals surface area contributed by atoms with Crippen molar-refractivity contribution in [1.82, 2.24) is 15.3 Å². The number of aryl methyl sites for hydroxylation is 2. The first kappa shape index (κ1) is 17.9. The highest BCUT2D eigenvalue weighted by Crippen LogP contribution is 2.25. The molecule has 0 unspecified atom stereocenters. The molecular formula is C18H24N4O2. The predicted octanol–water partition coefficient (Wildman–Crippen LogP) is 2.72. The summed E-state index contributed by atoms with van der Waals surface area (Å²) in [5.41, 5.74) is 3.83. The van der Waals surface area contributed by atoms with E-state index in [4.69, 9.17) is 4.74 Å². The SMILES string of the molecule is CCc1cccc(CC)c1Nc1cc(C(=O)NCCOC)ncn1. The van der Waals surface area contributed by atoms with Gasteiger partial charge in [0.1, 0.15) is 17.8 Å². The Morgan fingerprint density at radius 2 is 1.88 bits per heavy atom. The quantitative estimate of drug-likeness (QED) is 0.729. The largest absolute Gasteiger partial charge is 0.383 e. The van der Waals surface area contributed by atoms with Crippen LogP contribution >= 0.6 is 0 Å². The third-order valence-electron chi connectivity index (χ3n) is 3.74. The Hall–Kier alpha value is -2.47. The van der Waals surface area contributed by atoms with Crippen LogP contribution in [0, 0.1) is 0 Å². The smallest absolute Gasteiger partial charge is 0.270 e. The second-order valence-corrected chi connectivity index (χ2v) is 5.32. The van der Waals surface area contributed by atoms with Crippen molar-refractivity contribution in [3.63, 3.8) is 0 Å². The fraction of sp³-hybridized carbons (Fsp3) is 0.389. The van der Waals surface area contributed by atoms with Gasteiger partial charge in [-0.15, -0.1) is 0 Å². The lowest BCUT2D eigenvalue weighted by Gasteiger charge is -2.15. The molecule has 0 aliphatic carbocycles. The number of amides is 1. The summed E-state index contributed by atoms with van der Waals surface area (Å²) in [6.07, 6.45) is 3.24. The molecule has 1 aromatic carbocycles. The lowest BCUT2D eigenvalue weighted by Crippen LogP contribution is -2.27. The molecule has 0 atom stereocenters. The molecular weight excluding hydrogens is 304 g/mol. The van der Waals surface area contributed by atoms with Gasteiger partial charge in [0.25, 0.3) is 5.91 Å². The summed E-state index contributed by atoms with van der Waals surface area (Å²) in [7, 11) is 1.59. The average molecular weight is 328 g/mol. The second kappa shape index (κ2) is 8.98. The Kier molecular flexibility index (Phi) is 6.69. The molecule has 24 heavy (non-hydrogen) atoms. The van der Waals surface area contributed by atoms with Gasteiger partial charge in [0.15, 0.2) is 0 Å². The highest BCUT2D eigenvalue weighted by molar-refractivity contribution is 5.93. The minimum atomic E-state index is -0.239. The first-order chi connectivity index (χ1) is 11.7. The predicted molar refractivity (Wildman–Crippen MR) is 94.7 cm³/mol. The van der Waals surface area contributed by atoms with Gasteiger partial charge in [0.2, 0.25) is 0 Å². The van der Waals surface area contributed by atoms with Gasteiger partial charge in [0, 0.05) is 25.4 Å². The molecule has 1 heterocycles. The zero-order chi connectivity index (χ0) is 17.4. The number of hydrogen-bond donors (Lipinski definition) is 2. The van der Waals surface area contributed by atoms with Crippen molar-refractivity contribution in [2.24, 2.45) is 0 Å². The summed E-state index contributed by atoms with van der Waals surface area (Å²) in [5, 5.41) is 6.10. The summed E-state index contributed by atoms with van der Waals surface area (Å²) in [5.74, 6) is 0.370. The molecule has 2 N–H and O–H groups in total. The number of para-hydroxylation sites is 1. The number of hydrogen-bond acceptors (Lipinski definition) is 5. The zero-order valence-corrected chi connectivity index (χ0v) is 14.4. The van der Waals surface area contributed by atoms with E-state index in [9.17, 15) is 4.79 Å². The Bertz CT molecular complexity index is 666. The number of nitrogens with zero attached hydrogens (tertiary/aromatic N) is 2. The van der Waals surface area contributed by atoms with Gasteiger partial charge < -0.3 is 15.4 Å². The van der Waals surface area contributed by atoms with Crippen molar-refractivity contribution in [3.05, 3.63) is 47.4 Å². The Morgan fingerprint density at radius 3 is 2.50 bits per heavy atom. The number of carbonyl (C=O) groups is 1. The molecule has 1 aromatic heterocycles. The normalized spacial score (nSPS) is 10.5. The van der Waals surface area contributed by atoms with Gasteiger partial charge in [-0.3, -0.25) is 4.79 Å². The molecule has 0 aliphatic rings. The second-order valence-electron chi connectivity index (χ2n) is 5.32. The molecule has 6 heteroatoms. The molecule has 0 spiro atoms. The maximum absolute atomic E-state index is 12.1. The maximum atomic E-state index is 12.1. The molecule has 0 fully saturated rings. The van der Waals surface area contributed by atoms with Gasteiger partial charge in [-0.05, 0) is 24.0 Å². The number of ether oxygens (including phenoxy) is 1. The van der Waals surface area contributed by atoms with E-state index < -0.39 is 0 Å². The molecule has 0 saturated carbocycles. The first-order valence-electron chi connectivity index (χ1n) is 8.16. The minimum absolute atomic E-state index is 0.239. The number of aromatic nitrogens is 2. The van der Waals surface area contributed by atoms with E-state index in [0.29, 0.717) is 24.7 Å². The van der Waals surface area contributed by atoms with Crippen LogP contribution in [0.2, 0.25) is 0 Å². The molecule has 6 nitrogen and oxygen atoms in total. The fourth-order valence-corrected chi connectivity index (χ4v) is 2.44. The fourth-order valence-electron chi connectivity index (χ4n) is 2.44. The van der Waals surface area contributed by atoms with Crippen molar-refractivity contribution in [2.45, 2.75) is 26.7 Å². The number of carbonyl (C=O) groups excluding carboxylic acids is 1. The molecule has 2 rings (SSSR count). The maximum Gasteiger partial charge on any atom is 0.270 e. The highest BCUT2D eigenvalue weighted by Gasteiger charge is 2.11. The summed E-state index contributed by atoms with van der Waals surface area (Å²) >= 11 is 0. The number of nitrogens with one attached hydrogen (secondary N) is 2. The standard InChI is InChI=1S/C18H24N4O2/c1-4-13-7-6-8-14(5-2)17(13)22-16-11-15(20-12-21-16)18(23)19-9-10-24-3/h6-8,11-12H,4-5,9-10H2,1-3H3,(H,19,23)(H,20,21,22). The zero-order valence-electron chi connectivity index (χ0n) is 14.4. The van der Waals surface area contributed by atoms with E-state index in [2.05, 4.69) is 52.6 Å². The summed E-state index contributed by atoms with van der Waals surface area (Å²) in [6, 6.07) is 7.92. The van der Waals surface area contributed by atoms with Gasteiger partial charge >= 0.3 is 0 Å². The van der Waals surface area contributed by atoms with Crippen molar-refractivity contribution in [1.29, 1.82) is 0 Å². The van der Waals surface area contributed by atoms with Gasteiger partial charge in [-0.25, -0.2) is 9.97 Å². The highest BCUT2D eigenvalue weighted by atomic mass is 16.5. The third kappa shape index (κ3) is 4.52. The van der Waals surface area contributed by atoms with Crippen LogP contribution in [0.5, 0.6) is 0 Å². The first-order valence-corrected chi connectivity index (χ1v) is 8.16. The monoisotopic (exact) mass is 328 g/mol. The van der Waals surface area contributed by atoms with Gasteiger partial charge in [-0.2, -0.15) is 0 Å². The molecule has 128 valence electrons. The van der Waals surface area contributed by atoms with Crippen LogP contribution in [-0.4, -0.2) is 36.1 Å². The minimum Gasteiger partial charge on any atom is -0.383 e.